The third-order valence-corrected chi connectivity index (χ3v) is 7.98. The molecular formula is C25H25F5N4O2S. The van der Waals surface area contributed by atoms with Crippen LogP contribution in [0.15, 0.2) is 36.7 Å². The van der Waals surface area contributed by atoms with Crippen molar-refractivity contribution in [2.75, 3.05) is 0 Å². The van der Waals surface area contributed by atoms with Crippen LogP contribution in [0.1, 0.15) is 56.5 Å². The van der Waals surface area contributed by atoms with Crippen molar-refractivity contribution >= 4 is 20.9 Å². The van der Waals surface area contributed by atoms with Crippen LogP contribution in [0.2, 0.25) is 0 Å². The number of alkyl halides is 5. The number of hydrogen-bond acceptors (Lipinski definition) is 4. The van der Waals surface area contributed by atoms with Gasteiger partial charge in [-0.05, 0) is 36.0 Å². The highest BCUT2D eigenvalue weighted by atomic mass is 32.2. The first-order chi connectivity index (χ1) is 17.1. The highest BCUT2D eigenvalue weighted by molar-refractivity contribution is 7.90. The summed E-state index contributed by atoms with van der Waals surface area (Å²) in [5.41, 5.74) is -1.84. The molecule has 1 fully saturated rings. The zero-order valence-electron chi connectivity index (χ0n) is 20.3. The summed E-state index contributed by atoms with van der Waals surface area (Å²) >= 11 is 0. The van der Waals surface area contributed by atoms with E-state index in [2.05, 4.69) is 9.71 Å². The van der Waals surface area contributed by atoms with Crippen molar-refractivity contribution in [3.63, 3.8) is 0 Å². The molecule has 0 saturated heterocycles. The number of nitriles is 1. The molecule has 0 unspecified atom stereocenters. The van der Waals surface area contributed by atoms with E-state index in [1.54, 1.807) is 10.6 Å². The van der Waals surface area contributed by atoms with Crippen LogP contribution in [-0.4, -0.2) is 29.6 Å². The molecule has 2 aromatic heterocycles. The molecule has 0 radical (unpaired) electrons. The third-order valence-electron chi connectivity index (χ3n) is 6.05. The van der Waals surface area contributed by atoms with Crippen LogP contribution in [0.5, 0.6) is 0 Å². The fourth-order valence-corrected chi connectivity index (χ4v) is 5.88. The van der Waals surface area contributed by atoms with Crippen LogP contribution in [0.4, 0.5) is 22.0 Å². The minimum Gasteiger partial charge on any atom is -0.347 e. The molecule has 37 heavy (non-hydrogen) atoms. The van der Waals surface area contributed by atoms with Gasteiger partial charge >= 0.3 is 6.18 Å². The zero-order valence-corrected chi connectivity index (χ0v) is 21.1. The van der Waals surface area contributed by atoms with Crippen molar-refractivity contribution in [2.24, 2.45) is 5.41 Å². The smallest absolute Gasteiger partial charge is 0.347 e. The van der Waals surface area contributed by atoms with Crippen LogP contribution >= 0.6 is 0 Å². The highest BCUT2D eigenvalue weighted by Crippen LogP contribution is 2.41. The molecule has 1 aliphatic carbocycles. The average Bonchev–Trinajstić information content (AvgIpc) is 3.60. The van der Waals surface area contributed by atoms with Gasteiger partial charge in [-0.1, -0.05) is 32.9 Å². The summed E-state index contributed by atoms with van der Waals surface area (Å²) < 4.78 is 98.6. The monoisotopic (exact) mass is 540 g/mol. The van der Waals surface area contributed by atoms with E-state index in [4.69, 9.17) is 0 Å². The fraction of sp³-hybridized carbons (Fsp3) is 0.440. The Labute approximate surface area is 211 Å². The molecule has 1 N–H and O–H groups in total. The van der Waals surface area contributed by atoms with E-state index < -0.39 is 50.7 Å². The van der Waals surface area contributed by atoms with Crippen molar-refractivity contribution in [1.29, 1.82) is 5.26 Å². The Morgan fingerprint density at radius 1 is 1.19 bits per heavy atom. The topological polar surface area (TPSA) is 87.8 Å². The van der Waals surface area contributed by atoms with Crippen molar-refractivity contribution in [3.05, 3.63) is 53.5 Å². The lowest BCUT2D eigenvalue weighted by atomic mass is 9.95. The van der Waals surface area contributed by atoms with E-state index in [0.717, 1.165) is 12.3 Å². The van der Waals surface area contributed by atoms with E-state index in [1.807, 2.05) is 20.8 Å². The van der Waals surface area contributed by atoms with Crippen LogP contribution in [-0.2, 0) is 22.7 Å². The van der Waals surface area contributed by atoms with Gasteiger partial charge in [0, 0.05) is 41.0 Å². The van der Waals surface area contributed by atoms with E-state index in [-0.39, 0.29) is 21.9 Å². The summed E-state index contributed by atoms with van der Waals surface area (Å²) in [5.74, 6) is 0. The Balaban J connectivity index is 1.94. The van der Waals surface area contributed by atoms with Gasteiger partial charge in [-0.3, -0.25) is 0 Å². The molecule has 4 rings (SSSR count). The molecule has 2 heterocycles. The van der Waals surface area contributed by atoms with E-state index in [1.165, 1.54) is 24.4 Å². The minimum atomic E-state index is -4.76. The number of nitrogens with zero attached hydrogens (tertiary/aromatic N) is 3. The fourth-order valence-electron chi connectivity index (χ4n) is 4.34. The molecule has 1 atom stereocenters. The molecule has 0 amide bonds. The van der Waals surface area contributed by atoms with Gasteiger partial charge in [0.2, 0.25) is 10.0 Å². The standard InChI is InChI=1S/C25H25F5N4O2S/c1-24(2,3)13-34-12-17(22(23(26)27)33-37(35,36)15-5-6-15)16-7-4-14(10-20(16)34)21-18(25(28,29)30)8-9-32-19(21)11-31/h4,7-10,12,15,22-23,33H,5-6,13H2,1-3H3/t22-/m0/s1. The van der Waals surface area contributed by atoms with E-state index >= 15 is 0 Å². The molecule has 12 heteroatoms. The largest absolute Gasteiger partial charge is 0.417 e. The lowest BCUT2D eigenvalue weighted by Crippen LogP contribution is -2.35. The zero-order chi connectivity index (χ0) is 27.3. The predicted octanol–water partition coefficient (Wildman–Crippen LogP) is 6.03. The average molecular weight is 541 g/mol. The maximum atomic E-state index is 14.2. The maximum absolute atomic E-state index is 14.2. The van der Waals surface area contributed by atoms with Gasteiger partial charge in [0.25, 0.3) is 6.43 Å². The molecular weight excluding hydrogens is 515 g/mol. The number of rotatable bonds is 7. The maximum Gasteiger partial charge on any atom is 0.417 e. The number of pyridine rings is 1. The van der Waals surface area contributed by atoms with Gasteiger partial charge in [0.1, 0.15) is 17.8 Å². The number of halogens is 5. The van der Waals surface area contributed by atoms with Crippen molar-refractivity contribution < 1.29 is 30.4 Å². The van der Waals surface area contributed by atoms with Gasteiger partial charge in [-0.25, -0.2) is 26.9 Å². The number of benzene rings is 1. The molecule has 1 saturated carbocycles. The first-order valence-electron chi connectivity index (χ1n) is 11.5. The second kappa shape index (κ2) is 9.36. The van der Waals surface area contributed by atoms with Crippen molar-refractivity contribution in [1.82, 2.24) is 14.3 Å². The summed E-state index contributed by atoms with van der Waals surface area (Å²) in [6, 6.07) is 4.72. The van der Waals surface area contributed by atoms with Gasteiger partial charge < -0.3 is 4.57 Å². The highest BCUT2D eigenvalue weighted by Gasteiger charge is 2.40. The molecule has 1 aliphatic rings. The second-order valence-corrected chi connectivity index (χ2v) is 12.4. The van der Waals surface area contributed by atoms with E-state index in [9.17, 15) is 35.6 Å². The molecule has 1 aromatic carbocycles. The quantitative estimate of drug-likeness (QED) is 0.371. The van der Waals surface area contributed by atoms with Gasteiger partial charge in [-0.2, -0.15) is 18.4 Å². The predicted molar refractivity (Wildman–Crippen MR) is 128 cm³/mol. The number of hydrogen-bond donors (Lipinski definition) is 1. The lowest BCUT2D eigenvalue weighted by molar-refractivity contribution is -0.137. The molecule has 3 aromatic rings. The second-order valence-electron chi connectivity index (χ2n) is 10.4. The Morgan fingerprint density at radius 3 is 2.41 bits per heavy atom. The van der Waals surface area contributed by atoms with Crippen LogP contribution in [0.3, 0.4) is 0 Å². The normalized spacial score (nSPS) is 15.8. The number of fused-ring (bicyclic) bond motifs is 1. The third kappa shape index (κ3) is 5.62. The first kappa shape index (κ1) is 27.0. The van der Waals surface area contributed by atoms with Gasteiger partial charge in [-0.15, -0.1) is 0 Å². The van der Waals surface area contributed by atoms with Gasteiger partial charge in [0.05, 0.1) is 10.8 Å². The lowest BCUT2D eigenvalue weighted by Gasteiger charge is -2.20. The molecule has 0 spiro atoms. The van der Waals surface area contributed by atoms with Crippen molar-refractivity contribution in [3.8, 4) is 17.2 Å². The Bertz CT molecular complexity index is 1480. The van der Waals surface area contributed by atoms with Crippen LogP contribution in [0.25, 0.3) is 22.0 Å². The van der Waals surface area contributed by atoms with Gasteiger partial charge in [0.15, 0.2) is 0 Å². The summed E-state index contributed by atoms with van der Waals surface area (Å²) in [6.45, 7) is 6.01. The summed E-state index contributed by atoms with van der Waals surface area (Å²) in [4.78, 5) is 3.79. The van der Waals surface area contributed by atoms with Crippen LogP contribution in [0, 0.1) is 16.7 Å². The first-order valence-corrected chi connectivity index (χ1v) is 13.1. The summed E-state index contributed by atoms with van der Waals surface area (Å²) in [7, 11) is -3.96. The molecule has 198 valence electrons. The summed E-state index contributed by atoms with van der Waals surface area (Å²) in [5, 5.41) is 9.01. The SMILES string of the molecule is CC(C)(C)Cn1cc([C@H](NS(=O)(=O)C2CC2)C(F)F)c2ccc(-c3c(C(F)(F)F)ccnc3C#N)cc21. The number of sulfonamides is 1. The molecule has 6 nitrogen and oxygen atoms in total. The molecule has 0 aliphatic heterocycles. The molecule has 0 bridgehead atoms. The Morgan fingerprint density at radius 2 is 1.86 bits per heavy atom. The summed E-state index contributed by atoms with van der Waals surface area (Å²) in [6.07, 6.45) is -4.71. The Hall–Kier alpha value is -3.04. The van der Waals surface area contributed by atoms with Crippen LogP contribution < -0.4 is 4.72 Å². The Kier molecular flexibility index (Phi) is 6.84. The van der Waals surface area contributed by atoms with E-state index in [0.29, 0.717) is 24.9 Å². The number of aromatic nitrogens is 2. The van der Waals surface area contributed by atoms with Crippen molar-refractivity contribution in [2.45, 2.75) is 64.1 Å². The number of nitrogens with one attached hydrogen (secondary N) is 1. The minimum absolute atomic E-state index is 0.0211.